The van der Waals surface area contributed by atoms with Gasteiger partial charge in [0.15, 0.2) is 0 Å². The molecule has 1 fully saturated rings. The van der Waals surface area contributed by atoms with Crippen molar-refractivity contribution in [3.63, 3.8) is 0 Å². The molecule has 0 saturated carbocycles. The molecule has 0 aliphatic carbocycles. The van der Waals surface area contributed by atoms with E-state index in [-0.39, 0.29) is 36.2 Å². The molecule has 1 aromatic rings. The summed E-state index contributed by atoms with van der Waals surface area (Å²) in [7, 11) is 1.89. The summed E-state index contributed by atoms with van der Waals surface area (Å²) in [5.74, 6) is 0.275. The van der Waals surface area contributed by atoms with E-state index in [1.807, 2.05) is 42.3 Å². The highest BCUT2D eigenvalue weighted by Gasteiger charge is 2.28. The standard InChI is InChI=1S/C20H31N3O2.ClH/c1-3-18(16-8-5-4-6-9-16)20(25)23-14-11-17(12-15-23)22-19(24)10-7-13-21-2;/h4-6,8-9,17-18,21H,3,7,10-15H2,1-2H3,(H,22,24);1H. The van der Waals surface area contributed by atoms with Crippen molar-refractivity contribution in [2.24, 2.45) is 0 Å². The molecular formula is C20H32ClN3O2. The van der Waals surface area contributed by atoms with Gasteiger partial charge in [0.25, 0.3) is 0 Å². The fourth-order valence-electron chi connectivity index (χ4n) is 3.43. The van der Waals surface area contributed by atoms with E-state index in [9.17, 15) is 9.59 Å². The van der Waals surface area contributed by atoms with Crippen LogP contribution in [0.5, 0.6) is 0 Å². The molecule has 0 bridgehead atoms. The van der Waals surface area contributed by atoms with Crippen molar-refractivity contribution in [3.8, 4) is 0 Å². The number of benzene rings is 1. The quantitative estimate of drug-likeness (QED) is 0.680. The fourth-order valence-corrected chi connectivity index (χ4v) is 3.43. The Bertz CT molecular complexity index is 545. The minimum absolute atomic E-state index is 0. The summed E-state index contributed by atoms with van der Waals surface area (Å²) < 4.78 is 0. The molecule has 5 nitrogen and oxygen atoms in total. The molecule has 1 unspecified atom stereocenters. The molecule has 6 heteroatoms. The first-order chi connectivity index (χ1) is 12.2. The van der Waals surface area contributed by atoms with Gasteiger partial charge in [-0.05, 0) is 44.8 Å². The molecule has 0 spiro atoms. The van der Waals surface area contributed by atoms with Gasteiger partial charge in [0, 0.05) is 25.6 Å². The van der Waals surface area contributed by atoms with Crippen LogP contribution < -0.4 is 10.6 Å². The lowest BCUT2D eigenvalue weighted by atomic mass is 9.93. The number of nitrogens with one attached hydrogen (secondary N) is 2. The van der Waals surface area contributed by atoms with Gasteiger partial charge in [0.1, 0.15) is 0 Å². The van der Waals surface area contributed by atoms with Crippen LogP contribution in [0.25, 0.3) is 0 Å². The van der Waals surface area contributed by atoms with Gasteiger partial charge in [-0.2, -0.15) is 0 Å². The summed E-state index contributed by atoms with van der Waals surface area (Å²) in [4.78, 5) is 26.7. The first-order valence-electron chi connectivity index (χ1n) is 9.43. The highest BCUT2D eigenvalue weighted by molar-refractivity contribution is 5.85. The number of amides is 2. The van der Waals surface area contributed by atoms with Crippen molar-refractivity contribution >= 4 is 24.2 Å². The van der Waals surface area contributed by atoms with Crippen LogP contribution in [0.3, 0.4) is 0 Å². The number of halogens is 1. The zero-order chi connectivity index (χ0) is 18.1. The summed E-state index contributed by atoms with van der Waals surface area (Å²) in [6.07, 6.45) is 3.91. The Morgan fingerprint density at radius 2 is 1.85 bits per heavy atom. The molecule has 2 amide bonds. The molecule has 2 rings (SSSR count). The van der Waals surface area contributed by atoms with Crippen LogP contribution in [-0.2, 0) is 9.59 Å². The van der Waals surface area contributed by atoms with Crippen molar-refractivity contribution in [1.82, 2.24) is 15.5 Å². The molecule has 0 radical (unpaired) electrons. The zero-order valence-electron chi connectivity index (χ0n) is 15.9. The Morgan fingerprint density at radius 3 is 2.42 bits per heavy atom. The van der Waals surface area contributed by atoms with Crippen molar-refractivity contribution in [2.75, 3.05) is 26.7 Å². The largest absolute Gasteiger partial charge is 0.353 e. The number of hydrogen-bond donors (Lipinski definition) is 2. The van der Waals surface area contributed by atoms with Gasteiger partial charge in [-0.25, -0.2) is 0 Å². The number of carbonyl (C=O) groups is 2. The minimum Gasteiger partial charge on any atom is -0.353 e. The second-order valence-corrected chi connectivity index (χ2v) is 6.75. The Kier molecular flexibility index (Phi) is 10.3. The zero-order valence-corrected chi connectivity index (χ0v) is 16.7. The molecule has 1 saturated heterocycles. The lowest BCUT2D eigenvalue weighted by Crippen LogP contribution is -2.47. The number of piperidine rings is 1. The van der Waals surface area contributed by atoms with Crippen LogP contribution >= 0.6 is 12.4 Å². The van der Waals surface area contributed by atoms with E-state index in [1.165, 1.54) is 0 Å². The lowest BCUT2D eigenvalue weighted by Gasteiger charge is -2.34. The minimum atomic E-state index is -0.0612. The Balaban J connectivity index is 0.00000338. The fraction of sp³-hybridized carbons (Fsp3) is 0.600. The van der Waals surface area contributed by atoms with Gasteiger partial charge in [0.05, 0.1) is 5.92 Å². The van der Waals surface area contributed by atoms with Gasteiger partial charge < -0.3 is 15.5 Å². The highest BCUT2D eigenvalue weighted by atomic mass is 35.5. The van der Waals surface area contributed by atoms with Crippen molar-refractivity contribution in [1.29, 1.82) is 0 Å². The monoisotopic (exact) mass is 381 g/mol. The molecular weight excluding hydrogens is 350 g/mol. The maximum absolute atomic E-state index is 12.9. The van der Waals surface area contributed by atoms with Crippen LogP contribution in [0.2, 0.25) is 0 Å². The Labute approximate surface area is 163 Å². The van der Waals surface area contributed by atoms with Crippen LogP contribution in [-0.4, -0.2) is 49.4 Å². The molecule has 1 atom stereocenters. The van der Waals surface area contributed by atoms with E-state index in [0.29, 0.717) is 6.42 Å². The van der Waals surface area contributed by atoms with E-state index in [4.69, 9.17) is 0 Å². The average Bonchev–Trinajstić information content (AvgIpc) is 2.64. The maximum atomic E-state index is 12.9. The van der Waals surface area contributed by atoms with Crippen molar-refractivity contribution < 1.29 is 9.59 Å². The van der Waals surface area contributed by atoms with E-state index in [1.54, 1.807) is 0 Å². The van der Waals surface area contributed by atoms with Gasteiger partial charge in [0.2, 0.25) is 11.8 Å². The smallest absolute Gasteiger partial charge is 0.230 e. The molecule has 0 aromatic heterocycles. The molecule has 1 heterocycles. The molecule has 1 aromatic carbocycles. The van der Waals surface area contributed by atoms with Gasteiger partial charge in [-0.15, -0.1) is 12.4 Å². The van der Waals surface area contributed by atoms with E-state index < -0.39 is 0 Å². The van der Waals surface area contributed by atoms with Gasteiger partial charge in [-0.1, -0.05) is 37.3 Å². The SMILES string of the molecule is CCC(C(=O)N1CCC(NC(=O)CCCNC)CC1)c1ccccc1.Cl. The van der Waals surface area contributed by atoms with Crippen molar-refractivity contribution in [2.45, 2.75) is 51.0 Å². The second-order valence-electron chi connectivity index (χ2n) is 6.75. The Hall–Kier alpha value is -1.59. The summed E-state index contributed by atoms with van der Waals surface area (Å²) in [6, 6.07) is 10.2. The predicted octanol–water partition coefficient (Wildman–Crippen LogP) is 2.71. The number of rotatable bonds is 8. The lowest BCUT2D eigenvalue weighted by molar-refractivity contribution is -0.134. The van der Waals surface area contributed by atoms with E-state index in [0.717, 1.165) is 50.9 Å². The third kappa shape index (κ3) is 6.61. The molecule has 1 aliphatic rings. The number of likely N-dealkylation sites (tertiary alicyclic amines) is 1. The van der Waals surface area contributed by atoms with Crippen molar-refractivity contribution in [3.05, 3.63) is 35.9 Å². The van der Waals surface area contributed by atoms with Crippen LogP contribution in [0, 0.1) is 0 Å². The highest BCUT2D eigenvalue weighted by Crippen LogP contribution is 2.24. The second kappa shape index (κ2) is 11.9. The maximum Gasteiger partial charge on any atom is 0.230 e. The summed E-state index contributed by atoms with van der Waals surface area (Å²) in [5.41, 5.74) is 1.09. The number of carbonyl (C=O) groups excluding carboxylic acids is 2. The topological polar surface area (TPSA) is 61.4 Å². The summed E-state index contributed by atoms with van der Waals surface area (Å²) in [6.45, 7) is 4.37. The third-order valence-electron chi connectivity index (χ3n) is 4.91. The van der Waals surface area contributed by atoms with Gasteiger partial charge >= 0.3 is 0 Å². The molecule has 146 valence electrons. The molecule has 2 N–H and O–H groups in total. The van der Waals surface area contributed by atoms with Crippen LogP contribution in [0.4, 0.5) is 0 Å². The average molecular weight is 382 g/mol. The number of hydrogen-bond acceptors (Lipinski definition) is 3. The van der Waals surface area contributed by atoms with Crippen LogP contribution in [0.1, 0.15) is 50.5 Å². The molecule has 1 aliphatic heterocycles. The van der Waals surface area contributed by atoms with E-state index >= 15 is 0 Å². The summed E-state index contributed by atoms with van der Waals surface area (Å²) in [5, 5.41) is 6.16. The van der Waals surface area contributed by atoms with Gasteiger partial charge in [-0.3, -0.25) is 9.59 Å². The Morgan fingerprint density at radius 1 is 1.19 bits per heavy atom. The van der Waals surface area contributed by atoms with Crippen LogP contribution in [0.15, 0.2) is 30.3 Å². The van der Waals surface area contributed by atoms with E-state index in [2.05, 4.69) is 17.6 Å². The first-order valence-corrected chi connectivity index (χ1v) is 9.43. The number of nitrogens with zero attached hydrogens (tertiary/aromatic N) is 1. The predicted molar refractivity (Wildman–Crippen MR) is 108 cm³/mol. The summed E-state index contributed by atoms with van der Waals surface area (Å²) >= 11 is 0. The first kappa shape index (κ1) is 22.5. The molecule has 26 heavy (non-hydrogen) atoms. The third-order valence-corrected chi connectivity index (χ3v) is 4.91. The normalized spacial score (nSPS) is 15.8.